The maximum atomic E-state index is 13.2. The lowest BCUT2D eigenvalue weighted by Gasteiger charge is -2.24. The molecule has 0 spiro atoms. The molecular weight excluding hydrogens is 468 g/mol. The Morgan fingerprint density at radius 3 is 2.37 bits per heavy atom. The van der Waals surface area contributed by atoms with E-state index in [1.54, 1.807) is 25.4 Å². The zero-order valence-corrected chi connectivity index (χ0v) is 19.9. The van der Waals surface area contributed by atoms with Crippen LogP contribution in [-0.4, -0.2) is 37.1 Å². The van der Waals surface area contributed by atoms with Crippen LogP contribution < -0.4 is 15.6 Å². The van der Waals surface area contributed by atoms with Gasteiger partial charge in [-0.3, -0.25) is 9.45 Å². The number of anilines is 2. The SMILES string of the molecule is C[C@@H](c1cccc(NC(=O)NN2C=C(c3ccccc3)c3ccccc3N(C)C2=O)c1)S(=O)(=O)O. The summed E-state index contributed by atoms with van der Waals surface area (Å²) in [5.74, 6) is 0. The molecule has 0 fully saturated rings. The molecule has 1 heterocycles. The van der Waals surface area contributed by atoms with Crippen molar-refractivity contribution in [3.63, 3.8) is 0 Å². The van der Waals surface area contributed by atoms with Gasteiger partial charge in [-0.1, -0.05) is 60.7 Å². The third-order valence-electron chi connectivity index (χ3n) is 5.67. The fourth-order valence-corrected chi connectivity index (χ4v) is 4.24. The van der Waals surface area contributed by atoms with Crippen LogP contribution in [-0.2, 0) is 10.1 Å². The van der Waals surface area contributed by atoms with E-state index in [4.69, 9.17) is 0 Å². The fraction of sp³-hybridized carbons (Fsp3) is 0.120. The number of nitrogens with zero attached hydrogens (tertiary/aromatic N) is 2. The minimum absolute atomic E-state index is 0.293. The highest BCUT2D eigenvalue weighted by atomic mass is 32.2. The zero-order chi connectivity index (χ0) is 25.2. The largest absolute Gasteiger partial charge is 0.347 e. The number of hydrogen-bond acceptors (Lipinski definition) is 4. The van der Waals surface area contributed by atoms with E-state index in [9.17, 15) is 22.6 Å². The van der Waals surface area contributed by atoms with Crippen LogP contribution in [0.4, 0.5) is 21.0 Å². The average Bonchev–Trinajstić information content (AvgIpc) is 2.94. The topological polar surface area (TPSA) is 119 Å². The van der Waals surface area contributed by atoms with Gasteiger partial charge in [-0.25, -0.2) is 20.0 Å². The number of carbonyl (C=O) groups excluding carboxylic acids is 2. The Bertz CT molecular complexity index is 1410. The molecule has 10 heteroatoms. The number of para-hydroxylation sites is 1. The van der Waals surface area contributed by atoms with Crippen LogP contribution in [0.1, 0.15) is 28.9 Å². The molecule has 0 saturated heterocycles. The Morgan fingerprint density at radius 2 is 1.66 bits per heavy atom. The number of rotatable bonds is 5. The zero-order valence-electron chi connectivity index (χ0n) is 19.0. The van der Waals surface area contributed by atoms with E-state index in [0.29, 0.717) is 16.9 Å². The second kappa shape index (κ2) is 9.61. The van der Waals surface area contributed by atoms with Gasteiger partial charge in [0.05, 0.1) is 5.69 Å². The van der Waals surface area contributed by atoms with Crippen molar-refractivity contribution in [2.24, 2.45) is 0 Å². The summed E-state index contributed by atoms with van der Waals surface area (Å²) >= 11 is 0. The summed E-state index contributed by atoms with van der Waals surface area (Å²) in [6, 6.07) is 21.9. The van der Waals surface area contributed by atoms with E-state index in [2.05, 4.69) is 10.7 Å². The molecule has 180 valence electrons. The summed E-state index contributed by atoms with van der Waals surface area (Å²) in [4.78, 5) is 27.4. The molecule has 0 unspecified atom stereocenters. The minimum atomic E-state index is -4.29. The quantitative estimate of drug-likeness (QED) is 0.449. The van der Waals surface area contributed by atoms with Crippen LogP contribution in [0.3, 0.4) is 0 Å². The predicted octanol–water partition coefficient (Wildman–Crippen LogP) is 4.63. The first kappa shape index (κ1) is 24.0. The monoisotopic (exact) mass is 492 g/mol. The number of carbonyl (C=O) groups is 2. The Labute approximate surface area is 203 Å². The van der Waals surface area contributed by atoms with Gasteiger partial charge in [0.25, 0.3) is 10.1 Å². The van der Waals surface area contributed by atoms with Gasteiger partial charge in [0, 0.05) is 30.1 Å². The van der Waals surface area contributed by atoms with Crippen molar-refractivity contribution >= 4 is 39.1 Å². The lowest BCUT2D eigenvalue weighted by molar-refractivity contribution is 0.201. The normalized spacial score (nSPS) is 14.5. The second-order valence-electron chi connectivity index (χ2n) is 7.99. The van der Waals surface area contributed by atoms with Crippen LogP contribution in [0.2, 0.25) is 0 Å². The van der Waals surface area contributed by atoms with Crippen molar-refractivity contribution in [1.82, 2.24) is 10.4 Å². The molecule has 35 heavy (non-hydrogen) atoms. The molecule has 1 atom stereocenters. The number of fused-ring (bicyclic) bond motifs is 1. The van der Waals surface area contributed by atoms with Gasteiger partial charge in [0.15, 0.2) is 0 Å². The van der Waals surface area contributed by atoms with Gasteiger partial charge in [-0.2, -0.15) is 8.42 Å². The van der Waals surface area contributed by atoms with Crippen molar-refractivity contribution in [1.29, 1.82) is 0 Å². The number of amides is 4. The summed E-state index contributed by atoms with van der Waals surface area (Å²) < 4.78 is 32.3. The fourth-order valence-electron chi connectivity index (χ4n) is 3.75. The lowest BCUT2D eigenvalue weighted by Crippen LogP contribution is -2.49. The molecule has 3 aromatic carbocycles. The molecular formula is C25H24N4O5S. The molecule has 0 radical (unpaired) electrons. The van der Waals surface area contributed by atoms with Crippen molar-refractivity contribution in [3.05, 3.63) is 102 Å². The first-order valence-electron chi connectivity index (χ1n) is 10.7. The maximum absolute atomic E-state index is 13.2. The number of nitrogens with one attached hydrogen (secondary N) is 2. The molecule has 1 aliphatic heterocycles. The van der Waals surface area contributed by atoms with Crippen LogP contribution >= 0.6 is 0 Å². The Balaban J connectivity index is 1.63. The Kier molecular flexibility index (Phi) is 6.59. The third kappa shape index (κ3) is 5.18. The Hall–Kier alpha value is -4.15. The second-order valence-corrected chi connectivity index (χ2v) is 9.72. The highest BCUT2D eigenvalue weighted by Crippen LogP contribution is 2.34. The van der Waals surface area contributed by atoms with E-state index in [-0.39, 0.29) is 0 Å². The van der Waals surface area contributed by atoms with E-state index in [0.717, 1.165) is 21.7 Å². The lowest BCUT2D eigenvalue weighted by atomic mass is 9.97. The van der Waals surface area contributed by atoms with Crippen LogP contribution in [0.25, 0.3) is 5.57 Å². The van der Waals surface area contributed by atoms with Gasteiger partial charge < -0.3 is 5.32 Å². The molecule has 9 nitrogen and oxygen atoms in total. The van der Waals surface area contributed by atoms with Crippen LogP contribution in [0.5, 0.6) is 0 Å². The van der Waals surface area contributed by atoms with E-state index >= 15 is 0 Å². The molecule has 0 bridgehead atoms. The first-order valence-corrected chi connectivity index (χ1v) is 12.2. The Morgan fingerprint density at radius 1 is 0.971 bits per heavy atom. The first-order chi connectivity index (χ1) is 16.6. The van der Waals surface area contributed by atoms with E-state index in [1.165, 1.54) is 24.0 Å². The molecule has 0 aliphatic carbocycles. The smallest absolute Gasteiger partial charge is 0.307 e. The number of hydrogen-bond donors (Lipinski definition) is 3. The van der Waals surface area contributed by atoms with Crippen molar-refractivity contribution in [2.75, 3.05) is 17.3 Å². The molecule has 1 aliphatic rings. The molecule has 0 saturated carbocycles. The van der Waals surface area contributed by atoms with Crippen molar-refractivity contribution < 1.29 is 22.6 Å². The third-order valence-corrected chi connectivity index (χ3v) is 6.84. The standard InChI is InChI=1S/C25H24N4O5S/c1-17(35(32,33)34)19-11-8-12-20(15-19)26-24(30)27-29-16-22(18-9-4-3-5-10-18)21-13-6-7-14-23(21)28(2)25(29)31/h3-17H,1-2H3,(H2,26,27,30)(H,32,33,34)/t17-/m0/s1. The molecule has 4 amide bonds. The van der Waals surface area contributed by atoms with Gasteiger partial charge in [0.1, 0.15) is 5.25 Å². The van der Waals surface area contributed by atoms with E-state index < -0.39 is 27.4 Å². The summed E-state index contributed by atoms with van der Waals surface area (Å²) in [5.41, 5.74) is 6.26. The molecule has 0 aromatic heterocycles. The summed E-state index contributed by atoms with van der Waals surface area (Å²) in [6.07, 6.45) is 1.57. The van der Waals surface area contributed by atoms with E-state index in [1.807, 2.05) is 54.6 Å². The maximum Gasteiger partial charge on any atom is 0.347 e. The number of benzene rings is 3. The molecule has 3 aromatic rings. The summed E-state index contributed by atoms with van der Waals surface area (Å²) in [6.45, 7) is 1.34. The average molecular weight is 493 g/mol. The van der Waals surface area contributed by atoms with Gasteiger partial charge in [-0.15, -0.1) is 0 Å². The van der Waals surface area contributed by atoms with Gasteiger partial charge in [-0.05, 0) is 36.2 Å². The summed E-state index contributed by atoms with van der Waals surface area (Å²) in [7, 11) is -2.67. The molecule has 4 rings (SSSR count). The van der Waals surface area contributed by atoms with Gasteiger partial charge in [0.2, 0.25) is 0 Å². The highest BCUT2D eigenvalue weighted by molar-refractivity contribution is 7.86. The predicted molar refractivity (Wildman–Crippen MR) is 134 cm³/mol. The van der Waals surface area contributed by atoms with Crippen molar-refractivity contribution in [2.45, 2.75) is 12.2 Å². The minimum Gasteiger partial charge on any atom is -0.307 e. The van der Waals surface area contributed by atoms with Gasteiger partial charge >= 0.3 is 12.1 Å². The number of hydrazine groups is 1. The number of urea groups is 2. The summed E-state index contributed by atoms with van der Waals surface area (Å²) in [5, 5.41) is 2.53. The molecule has 3 N–H and O–H groups in total. The van der Waals surface area contributed by atoms with Crippen molar-refractivity contribution in [3.8, 4) is 0 Å². The van der Waals surface area contributed by atoms with Crippen LogP contribution in [0, 0.1) is 0 Å². The van der Waals surface area contributed by atoms with Crippen LogP contribution in [0.15, 0.2) is 85.1 Å². The highest BCUT2D eigenvalue weighted by Gasteiger charge is 2.27.